The van der Waals surface area contributed by atoms with Gasteiger partial charge in [-0.05, 0) is 13.1 Å². The second-order valence-electron chi connectivity index (χ2n) is 6.03. The van der Waals surface area contributed by atoms with E-state index in [-0.39, 0.29) is 5.69 Å². The molecule has 0 aromatic heterocycles. The predicted molar refractivity (Wildman–Crippen MR) is 91.3 cm³/mol. The van der Waals surface area contributed by atoms with E-state index < -0.39 is 11.0 Å². The van der Waals surface area contributed by atoms with E-state index in [1.165, 1.54) is 12.1 Å². The Morgan fingerprint density at radius 3 is 2.61 bits per heavy atom. The van der Waals surface area contributed by atoms with Crippen LogP contribution in [0.25, 0.3) is 0 Å². The van der Waals surface area contributed by atoms with Gasteiger partial charge in [0.1, 0.15) is 0 Å². The lowest BCUT2D eigenvalue weighted by Gasteiger charge is -2.34. The van der Waals surface area contributed by atoms with Crippen LogP contribution in [0.1, 0.15) is 0 Å². The van der Waals surface area contributed by atoms with E-state index in [2.05, 4.69) is 16.8 Å². The monoisotopic (exact) mass is 342 g/mol. The molecule has 1 aromatic carbocycles. The quantitative estimate of drug-likeness (QED) is 0.620. The Kier molecular flexibility index (Phi) is 6.17. The number of nitro benzene ring substituents is 1. The number of nitrogens with zero attached hydrogens (tertiary/aromatic N) is 4. The third kappa shape index (κ3) is 5.04. The van der Waals surface area contributed by atoms with Gasteiger partial charge < -0.3 is 14.9 Å². The van der Waals surface area contributed by atoms with Crippen LogP contribution in [-0.2, 0) is 0 Å². The van der Waals surface area contributed by atoms with Gasteiger partial charge in [0.05, 0.1) is 21.7 Å². The van der Waals surface area contributed by atoms with Crippen molar-refractivity contribution in [2.24, 2.45) is 0 Å². The number of non-ortho nitro benzene ring substituents is 1. The lowest BCUT2D eigenvalue weighted by Crippen LogP contribution is -2.48. The second-order valence-corrected chi connectivity index (χ2v) is 6.44. The topological polar surface area (TPSA) is 73.1 Å². The van der Waals surface area contributed by atoms with Gasteiger partial charge in [0.2, 0.25) is 0 Å². The summed E-state index contributed by atoms with van der Waals surface area (Å²) in [6, 6.07) is 4.37. The standard InChI is InChI=1S/C15H23ClN4O3/c1-17-5-7-19(8-6-17)11-13(21)10-18(2)15-4-3-12(20(22)23)9-14(15)16/h3-4,9,13,21H,5-8,10-11H2,1-2H3/t13-/m0/s1. The first-order valence-electron chi connectivity index (χ1n) is 7.61. The van der Waals surface area contributed by atoms with Crippen molar-refractivity contribution >= 4 is 23.0 Å². The van der Waals surface area contributed by atoms with Crippen molar-refractivity contribution in [1.29, 1.82) is 0 Å². The van der Waals surface area contributed by atoms with Crippen molar-refractivity contribution in [3.05, 3.63) is 33.3 Å². The van der Waals surface area contributed by atoms with E-state index in [9.17, 15) is 15.2 Å². The molecule has 1 heterocycles. The van der Waals surface area contributed by atoms with E-state index in [1.54, 1.807) is 6.07 Å². The number of aliphatic hydroxyl groups is 1. The van der Waals surface area contributed by atoms with Gasteiger partial charge >= 0.3 is 0 Å². The zero-order valence-corrected chi connectivity index (χ0v) is 14.2. The Bertz CT molecular complexity index is 550. The lowest BCUT2D eigenvalue weighted by molar-refractivity contribution is -0.384. The molecule has 0 saturated carbocycles. The Hall–Kier alpha value is -1.41. The molecule has 1 N–H and O–H groups in total. The summed E-state index contributed by atoms with van der Waals surface area (Å²) in [6.07, 6.45) is -0.505. The van der Waals surface area contributed by atoms with E-state index in [4.69, 9.17) is 11.6 Å². The molecule has 1 saturated heterocycles. The largest absolute Gasteiger partial charge is 0.390 e. The number of piperazine rings is 1. The van der Waals surface area contributed by atoms with E-state index >= 15 is 0 Å². The van der Waals surface area contributed by atoms with Crippen LogP contribution in [0.2, 0.25) is 5.02 Å². The average Bonchev–Trinajstić information content (AvgIpc) is 2.49. The van der Waals surface area contributed by atoms with Gasteiger partial charge in [0.15, 0.2) is 0 Å². The fourth-order valence-electron chi connectivity index (χ4n) is 2.72. The van der Waals surface area contributed by atoms with Crippen LogP contribution in [0.5, 0.6) is 0 Å². The molecule has 1 fully saturated rings. The van der Waals surface area contributed by atoms with Gasteiger partial charge in [-0.15, -0.1) is 0 Å². The number of benzene rings is 1. The van der Waals surface area contributed by atoms with Crippen molar-refractivity contribution in [3.8, 4) is 0 Å². The molecule has 1 aliphatic rings. The molecule has 23 heavy (non-hydrogen) atoms. The summed E-state index contributed by atoms with van der Waals surface area (Å²) in [4.78, 5) is 16.6. The molecule has 128 valence electrons. The Morgan fingerprint density at radius 1 is 1.39 bits per heavy atom. The Labute approximate surface area is 141 Å². The molecule has 0 spiro atoms. The molecule has 1 atom stereocenters. The average molecular weight is 343 g/mol. The first kappa shape index (κ1) is 17.9. The van der Waals surface area contributed by atoms with Crippen LogP contribution in [0.15, 0.2) is 18.2 Å². The molecule has 1 aliphatic heterocycles. The predicted octanol–water partition coefficient (Wildman–Crippen LogP) is 1.29. The molecule has 8 heteroatoms. The normalized spacial score (nSPS) is 17.9. The summed E-state index contributed by atoms with van der Waals surface area (Å²) < 4.78 is 0. The lowest BCUT2D eigenvalue weighted by atomic mass is 10.2. The highest BCUT2D eigenvalue weighted by Gasteiger charge is 2.19. The first-order valence-corrected chi connectivity index (χ1v) is 7.98. The van der Waals surface area contributed by atoms with E-state index in [0.717, 1.165) is 26.2 Å². The number of anilines is 1. The highest BCUT2D eigenvalue weighted by molar-refractivity contribution is 6.33. The van der Waals surface area contributed by atoms with Gasteiger partial charge in [-0.3, -0.25) is 15.0 Å². The first-order chi connectivity index (χ1) is 10.9. The van der Waals surface area contributed by atoms with Crippen molar-refractivity contribution in [1.82, 2.24) is 9.80 Å². The minimum Gasteiger partial charge on any atom is -0.390 e. The second kappa shape index (κ2) is 7.92. The summed E-state index contributed by atoms with van der Waals surface area (Å²) >= 11 is 6.12. The van der Waals surface area contributed by atoms with Crippen LogP contribution in [0, 0.1) is 10.1 Å². The van der Waals surface area contributed by atoms with Crippen molar-refractivity contribution in [2.75, 3.05) is 58.3 Å². The third-order valence-electron chi connectivity index (χ3n) is 4.10. The highest BCUT2D eigenvalue weighted by atomic mass is 35.5. The molecule has 0 bridgehead atoms. The highest BCUT2D eigenvalue weighted by Crippen LogP contribution is 2.29. The summed E-state index contributed by atoms with van der Waals surface area (Å²) in [5, 5.41) is 21.3. The Morgan fingerprint density at radius 2 is 2.04 bits per heavy atom. The van der Waals surface area contributed by atoms with Crippen LogP contribution in [-0.4, -0.2) is 79.3 Å². The van der Waals surface area contributed by atoms with Crippen LogP contribution in [0.4, 0.5) is 11.4 Å². The van der Waals surface area contributed by atoms with Crippen LogP contribution < -0.4 is 4.90 Å². The SMILES string of the molecule is CN1CCN(C[C@@H](O)CN(C)c2ccc([N+](=O)[O-])cc2Cl)CC1. The Balaban J connectivity index is 1.90. The van der Waals surface area contributed by atoms with Crippen molar-refractivity contribution < 1.29 is 10.0 Å². The zero-order valence-electron chi connectivity index (χ0n) is 13.5. The number of nitro groups is 1. The molecule has 1 aromatic rings. The third-order valence-corrected chi connectivity index (χ3v) is 4.41. The number of rotatable bonds is 6. The fourth-order valence-corrected chi connectivity index (χ4v) is 3.04. The van der Waals surface area contributed by atoms with Crippen molar-refractivity contribution in [2.45, 2.75) is 6.10 Å². The van der Waals surface area contributed by atoms with Gasteiger partial charge in [0, 0.05) is 58.4 Å². The molecule has 0 radical (unpaired) electrons. The van der Waals surface area contributed by atoms with E-state index in [0.29, 0.717) is 23.8 Å². The number of aliphatic hydroxyl groups excluding tert-OH is 1. The molecular formula is C15H23ClN4O3. The van der Waals surface area contributed by atoms with Crippen molar-refractivity contribution in [3.63, 3.8) is 0 Å². The maximum atomic E-state index is 10.7. The molecule has 0 amide bonds. The van der Waals surface area contributed by atoms with Crippen LogP contribution >= 0.6 is 11.6 Å². The van der Waals surface area contributed by atoms with Crippen LogP contribution in [0.3, 0.4) is 0 Å². The fraction of sp³-hybridized carbons (Fsp3) is 0.600. The molecule has 2 rings (SSSR count). The maximum Gasteiger partial charge on any atom is 0.271 e. The van der Waals surface area contributed by atoms with Gasteiger partial charge in [-0.25, -0.2) is 0 Å². The summed E-state index contributed by atoms with van der Waals surface area (Å²) in [6.45, 7) is 4.96. The maximum absolute atomic E-state index is 10.7. The van der Waals surface area contributed by atoms with Gasteiger partial charge in [0.25, 0.3) is 5.69 Å². The molecule has 0 aliphatic carbocycles. The number of hydrogen-bond acceptors (Lipinski definition) is 6. The molecular weight excluding hydrogens is 320 g/mol. The summed E-state index contributed by atoms with van der Waals surface area (Å²) in [5.41, 5.74) is 0.639. The number of β-amino-alcohol motifs (C(OH)–C–C–N with tert-alkyl or cyclic N) is 1. The minimum absolute atomic E-state index is 0.0369. The van der Waals surface area contributed by atoms with E-state index in [1.807, 2.05) is 11.9 Å². The number of halogens is 1. The molecule has 0 unspecified atom stereocenters. The zero-order chi connectivity index (χ0) is 17.0. The van der Waals surface area contributed by atoms with Gasteiger partial charge in [-0.1, -0.05) is 11.6 Å². The molecule has 7 nitrogen and oxygen atoms in total. The number of hydrogen-bond donors (Lipinski definition) is 1. The van der Waals surface area contributed by atoms with Gasteiger partial charge in [-0.2, -0.15) is 0 Å². The summed E-state index contributed by atoms with van der Waals surface area (Å²) in [5.74, 6) is 0. The smallest absolute Gasteiger partial charge is 0.271 e. The number of likely N-dealkylation sites (N-methyl/N-ethyl adjacent to an activating group) is 2. The summed E-state index contributed by atoms with van der Waals surface area (Å²) in [7, 11) is 3.92. The minimum atomic E-state index is -0.505.